The molecule has 0 spiro atoms. The molecule has 3 rings (SSSR count). The molecule has 1 heterocycles. The van der Waals surface area contributed by atoms with Gasteiger partial charge in [0.2, 0.25) is 0 Å². The minimum atomic E-state index is -0.338. The van der Waals surface area contributed by atoms with Crippen molar-refractivity contribution in [2.45, 2.75) is 0 Å². The van der Waals surface area contributed by atoms with Gasteiger partial charge in [-0.05, 0) is 35.4 Å². The molecule has 0 aliphatic carbocycles. The second kappa shape index (κ2) is 8.27. The summed E-state index contributed by atoms with van der Waals surface area (Å²) in [5.41, 5.74) is 3.55. The molecule has 0 fully saturated rings. The van der Waals surface area contributed by atoms with Crippen molar-refractivity contribution < 1.29 is 14.3 Å². The van der Waals surface area contributed by atoms with Gasteiger partial charge in [0, 0.05) is 5.33 Å². The Kier molecular flexibility index (Phi) is 5.83. The number of nitrogens with zero attached hydrogens (tertiary/aromatic N) is 1. The van der Waals surface area contributed by atoms with Gasteiger partial charge >= 0.3 is 5.97 Å². The van der Waals surface area contributed by atoms with Crippen LogP contribution >= 0.6 is 27.3 Å². The highest BCUT2D eigenvalue weighted by molar-refractivity contribution is 9.09. The zero-order valence-corrected chi connectivity index (χ0v) is 16.0. The number of thiazole rings is 1. The van der Waals surface area contributed by atoms with Gasteiger partial charge in [0.1, 0.15) is 6.61 Å². The van der Waals surface area contributed by atoms with Crippen LogP contribution in [0.2, 0.25) is 0 Å². The van der Waals surface area contributed by atoms with Gasteiger partial charge in [0.25, 0.3) is 5.19 Å². The number of aromatic nitrogens is 1. The second-order valence-corrected chi connectivity index (χ2v) is 6.84. The van der Waals surface area contributed by atoms with E-state index < -0.39 is 0 Å². The highest BCUT2D eigenvalue weighted by Crippen LogP contribution is 2.27. The first-order valence-electron chi connectivity index (χ1n) is 7.62. The van der Waals surface area contributed by atoms with E-state index in [9.17, 15) is 4.79 Å². The molecule has 0 amide bonds. The molecule has 25 heavy (non-hydrogen) atoms. The molecule has 0 saturated heterocycles. The number of hydrogen-bond acceptors (Lipinski definition) is 5. The summed E-state index contributed by atoms with van der Waals surface area (Å²) in [6.45, 7) is 0.448. The molecular weight excluding hydrogens is 402 g/mol. The van der Waals surface area contributed by atoms with Crippen LogP contribution in [-0.4, -0.2) is 30.0 Å². The molecule has 0 N–H and O–H groups in total. The largest absolute Gasteiger partial charge is 0.465 e. The molecule has 6 heteroatoms. The summed E-state index contributed by atoms with van der Waals surface area (Å²) in [6, 6.07) is 15.2. The molecule has 128 valence electrons. The summed E-state index contributed by atoms with van der Waals surface area (Å²) >= 11 is 5.03. The third-order valence-electron chi connectivity index (χ3n) is 3.53. The van der Waals surface area contributed by atoms with E-state index in [4.69, 9.17) is 9.47 Å². The average molecular weight is 418 g/mol. The second-order valence-electron chi connectivity index (χ2n) is 5.29. The normalized spacial score (nSPS) is 11.5. The van der Waals surface area contributed by atoms with Gasteiger partial charge < -0.3 is 9.47 Å². The summed E-state index contributed by atoms with van der Waals surface area (Å²) in [5.74, 6) is -0.338. The molecule has 0 aliphatic rings. The Morgan fingerprint density at radius 3 is 2.64 bits per heavy atom. The number of fused-ring (bicyclic) bond motifs is 1. The zero-order valence-electron chi connectivity index (χ0n) is 13.6. The minimum absolute atomic E-state index is 0.338. The van der Waals surface area contributed by atoms with Crippen molar-refractivity contribution in [1.29, 1.82) is 0 Å². The van der Waals surface area contributed by atoms with Gasteiger partial charge in [-0.3, -0.25) is 0 Å². The van der Waals surface area contributed by atoms with E-state index in [1.165, 1.54) is 18.4 Å². The number of ether oxygens (including phenoxy) is 2. The predicted octanol–water partition coefficient (Wildman–Crippen LogP) is 4.94. The Hall–Kier alpha value is -2.18. The highest BCUT2D eigenvalue weighted by Gasteiger charge is 2.07. The van der Waals surface area contributed by atoms with Crippen LogP contribution in [0.1, 0.15) is 15.9 Å². The lowest BCUT2D eigenvalue weighted by molar-refractivity contribution is 0.0600. The number of alkyl halides is 1. The Bertz CT molecular complexity index is 869. The summed E-state index contributed by atoms with van der Waals surface area (Å²) in [7, 11) is 1.37. The fourth-order valence-electron chi connectivity index (χ4n) is 2.26. The average Bonchev–Trinajstić information content (AvgIpc) is 3.08. The molecule has 0 bridgehead atoms. The standard InChI is InChI=1S/C19H16BrNO3S/c1-23-18(22)15-8-6-13(7-9-15)10-14(11-20)12-24-19-21-16-4-2-3-5-17(16)25-19/h2-10H,11-12H2,1H3/b14-10+. The number of esters is 1. The van der Waals surface area contributed by atoms with Crippen LogP contribution in [-0.2, 0) is 4.74 Å². The van der Waals surface area contributed by atoms with Crippen LogP contribution in [0.3, 0.4) is 0 Å². The van der Waals surface area contributed by atoms with Gasteiger partial charge in [-0.15, -0.1) is 0 Å². The Morgan fingerprint density at radius 2 is 1.96 bits per heavy atom. The van der Waals surface area contributed by atoms with E-state index in [2.05, 4.69) is 20.9 Å². The van der Waals surface area contributed by atoms with Crippen molar-refractivity contribution in [3.8, 4) is 5.19 Å². The number of para-hydroxylation sites is 1. The summed E-state index contributed by atoms with van der Waals surface area (Å²) < 4.78 is 11.6. The van der Waals surface area contributed by atoms with E-state index in [0.717, 1.165) is 21.4 Å². The van der Waals surface area contributed by atoms with Crippen molar-refractivity contribution in [3.05, 3.63) is 65.2 Å². The Morgan fingerprint density at radius 1 is 1.20 bits per heavy atom. The summed E-state index contributed by atoms with van der Waals surface area (Å²) in [6.07, 6.45) is 2.03. The van der Waals surface area contributed by atoms with Crippen LogP contribution < -0.4 is 4.74 Å². The molecule has 1 aromatic heterocycles. The fourth-order valence-corrected chi connectivity index (χ4v) is 3.39. The van der Waals surface area contributed by atoms with Crippen LogP contribution in [0.4, 0.5) is 0 Å². The molecular formula is C19H16BrNO3S. The first-order chi connectivity index (χ1) is 12.2. The maximum absolute atomic E-state index is 11.5. The molecule has 0 radical (unpaired) electrons. The molecule has 0 saturated carbocycles. The molecule has 0 aliphatic heterocycles. The number of carbonyl (C=O) groups excluding carboxylic acids is 1. The van der Waals surface area contributed by atoms with Crippen molar-refractivity contribution in [2.75, 3.05) is 19.0 Å². The van der Waals surface area contributed by atoms with Crippen LogP contribution in [0, 0.1) is 0 Å². The summed E-state index contributed by atoms with van der Waals surface area (Å²) in [5, 5.41) is 1.35. The Balaban J connectivity index is 1.69. The quantitative estimate of drug-likeness (QED) is 0.420. The van der Waals surface area contributed by atoms with Crippen LogP contribution in [0.5, 0.6) is 5.19 Å². The van der Waals surface area contributed by atoms with Gasteiger partial charge in [-0.2, -0.15) is 0 Å². The van der Waals surface area contributed by atoms with Crippen molar-refractivity contribution in [3.63, 3.8) is 0 Å². The van der Waals surface area contributed by atoms with Gasteiger partial charge in [-0.25, -0.2) is 9.78 Å². The highest BCUT2D eigenvalue weighted by atomic mass is 79.9. The van der Waals surface area contributed by atoms with Crippen LogP contribution in [0.25, 0.3) is 16.3 Å². The third kappa shape index (κ3) is 4.46. The lowest BCUT2D eigenvalue weighted by Gasteiger charge is -2.05. The number of methoxy groups -OCH3 is 1. The molecule has 3 aromatic rings. The summed E-state index contributed by atoms with van der Waals surface area (Å²) in [4.78, 5) is 15.9. The van der Waals surface area contributed by atoms with Gasteiger partial charge in [0.05, 0.1) is 22.9 Å². The minimum Gasteiger partial charge on any atom is -0.465 e. The third-order valence-corrected chi connectivity index (χ3v) is 5.20. The lowest BCUT2D eigenvalue weighted by Crippen LogP contribution is -2.02. The monoisotopic (exact) mass is 417 g/mol. The number of carbonyl (C=O) groups is 1. The smallest absolute Gasteiger partial charge is 0.337 e. The van der Waals surface area contributed by atoms with E-state index >= 15 is 0 Å². The molecule has 0 unspecified atom stereocenters. The van der Waals surface area contributed by atoms with Crippen molar-refractivity contribution in [2.24, 2.45) is 0 Å². The van der Waals surface area contributed by atoms with E-state index in [0.29, 0.717) is 22.7 Å². The number of halogens is 1. The van der Waals surface area contributed by atoms with E-state index in [-0.39, 0.29) is 5.97 Å². The Labute approximate surface area is 158 Å². The zero-order chi connectivity index (χ0) is 17.6. The van der Waals surface area contributed by atoms with Crippen molar-refractivity contribution in [1.82, 2.24) is 4.98 Å². The molecule has 4 nitrogen and oxygen atoms in total. The maximum Gasteiger partial charge on any atom is 0.337 e. The first-order valence-corrected chi connectivity index (χ1v) is 9.55. The number of hydrogen-bond donors (Lipinski definition) is 0. The predicted molar refractivity (Wildman–Crippen MR) is 105 cm³/mol. The molecule has 2 aromatic carbocycles. The SMILES string of the molecule is COC(=O)c1ccc(/C=C(\CBr)COc2nc3ccccc3s2)cc1. The first kappa shape index (κ1) is 17.6. The van der Waals surface area contributed by atoms with Crippen molar-refractivity contribution >= 4 is 49.5 Å². The lowest BCUT2D eigenvalue weighted by atomic mass is 10.1. The van der Waals surface area contributed by atoms with Gasteiger partial charge in [-0.1, -0.05) is 57.6 Å². The number of rotatable bonds is 6. The van der Waals surface area contributed by atoms with E-state index in [1.807, 2.05) is 42.5 Å². The fraction of sp³-hybridized carbons (Fsp3) is 0.158. The topological polar surface area (TPSA) is 48.4 Å². The van der Waals surface area contributed by atoms with Gasteiger partial charge in [0.15, 0.2) is 0 Å². The maximum atomic E-state index is 11.5. The molecule has 0 atom stereocenters. The van der Waals surface area contributed by atoms with E-state index in [1.54, 1.807) is 12.1 Å². The van der Waals surface area contributed by atoms with Crippen LogP contribution in [0.15, 0.2) is 54.1 Å². The number of benzene rings is 2.